The van der Waals surface area contributed by atoms with E-state index in [4.69, 9.17) is 22.1 Å². The first-order valence-corrected chi connectivity index (χ1v) is 7.20. The van der Waals surface area contributed by atoms with Gasteiger partial charge in [0.15, 0.2) is 0 Å². The van der Waals surface area contributed by atoms with Gasteiger partial charge in [0.05, 0.1) is 25.2 Å². The second-order valence-electron chi connectivity index (χ2n) is 5.37. The summed E-state index contributed by atoms with van der Waals surface area (Å²) in [6, 6.07) is 4.08. The maximum absolute atomic E-state index is 6.17. The van der Waals surface area contributed by atoms with Crippen molar-refractivity contribution < 1.29 is 4.74 Å². The molecular formula is C15H18ClN3O. The van der Waals surface area contributed by atoms with Crippen molar-refractivity contribution in [2.75, 3.05) is 6.61 Å². The maximum Gasteiger partial charge on any atom is 0.127 e. The number of rotatable bonds is 4. The zero-order chi connectivity index (χ0) is 14.1. The largest absolute Gasteiger partial charge is 0.493 e. The molecule has 1 atom stereocenters. The van der Waals surface area contributed by atoms with Crippen molar-refractivity contribution in [2.45, 2.75) is 32.4 Å². The molecular weight excluding hydrogens is 274 g/mol. The number of aromatic nitrogens is 2. The van der Waals surface area contributed by atoms with Crippen LogP contribution in [-0.4, -0.2) is 22.2 Å². The lowest BCUT2D eigenvalue weighted by Crippen LogP contribution is -2.17. The van der Waals surface area contributed by atoms with E-state index in [1.165, 1.54) is 5.56 Å². The predicted molar refractivity (Wildman–Crippen MR) is 79.3 cm³/mol. The van der Waals surface area contributed by atoms with E-state index >= 15 is 0 Å². The van der Waals surface area contributed by atoms with E-state index in [1.807, 2.05) is 36.1 Å². The summed E-state index contributed by atoms with van der Waals surface area (Å²) < 4.78 is 7.76. The van der Waals surface area contributed by atoms with Crippen LogP contribution in [0.4, 0.5) is 0 Å². The minimum absolute atomic E-state index is 0.122. The number of benzene rings is 1. The molecule has 0 amide bonds. The molecule has 2 heterocycles. The maximum atomic E-state index is 6.17. The highest BCUT2D eigenvalue weighted by molar-refractivity contribution is 6.30. The summed E-state index contributed by atoms with van der Waals surface area (Å²) in [6.45, 7) is 3.44. The lowest BCUT2D eigenvalue weighted by Gasteiger charge is -2.09. The van der Waals surface area contributed by atoms with Gasteiger partial charge in [0, 0.05) is 35.7 Å². The standard InChI is InChI=1S/C15H18ClN3O/c1-10(17)4-14-8-19(9-18-14)7-12-6-13(16)5-11-2-3-20-15(11)12/h5-6,8-10H,2-4,7,17H2,1H3. The molecule has 0 saturated heterocycles. The van der Waals surface area contributed by atoms with Crippen molar-refractivity contribution in [2.24, 2.45) is 5.73 Å². The minimum Gasteiger partial charge on any atom is -0.493 e. The van der Waals surface area contributed by atoms with Gasteiger partial charge in [-0.1, -0.05) is 11.6 Å². The number of ether oxygens (including phenoxy) is 1. The molecule has 0 aliphatic carbocycles. The third-order valence-corrected chi connectivity index (χ3v) is 3.61. The Labute approximate surface area is 123 Å². The second kappa shape index (κ2) is 5.46. The normalized spacial score (nSPS) is 14.9. The van der Waals surface area contributed by atoms with Crippen molar-refractivity contribution in [1.82, 2.24) is 9.55 Å². The van der Waals surface area contributed by atoms with E-state index in [2.05, 4.69) is 4.98 Å². The van der Waals surface area contributed by atoms with Crippen molar-refractivity contribution in [3.63, 3.8) is 0 Å². The molecule has 2 N–H and O–H groups in total. The fourth-order valence-corrected chi connectivity index (χ4v) is 2.85. The predicted octanol–water partition coefficient (Wildman–Crippen LogP) is 2.41. The van der Waals surface area contributed by atoms with Gasteiger partial charge < -0.3 is 15.0 Å². The van der Waals surface area contributed by atoms with Crippen molar-refractivity contribution in [1.29, 1.82) is 0 Å². The Morgan fingerprint density at radius 3 is 3.15 bits per heavy atom. The van der Waals surface area contributed by atoms with Gasteiger partial charge in [-0.15, -0.1) is 0 Å². The summed E-state index contributed by atoms with van der Waals surface area (Å²) in [6.07, 6.45) is 5.59. The molecule has 0 radical (unpaired) electrons. The van der Waals surface area contributed by atoms with Crippen LogP contribution in [0.1, 0.15) is 23.7 Å². The lowest BCUT2D eigenvalue weighted by molar-refractivity contribution is 0.352. The Kier molecular flexibility index (Phi) is 3.68. The lowest BCUT2D eigenvalue weighted by atomic mass is 10.1. The van der Waals surface area contributed by atoms with Gasteiger partial charge in [0.1, 0.15) is 5.75 Å². The number of halogens is 1. The van der Waals surface area contributed by atoms with Gasteiger partial charge in [-0.3, -0.25) is 0 Å². The fraction of sp³-hybridized carbons (Fsp3) is 0.400. The van der Waals surface area contributed by atoms with Gasteiger partial charge in [0.2, 0.25) is 0 Å². The summed E-state index contributed by atoms with van der Waals surface area (Å²) in [5.41, 5.74) is 9.11. The van der Waals surface area contributed by atoms with E-state index < -0.39 is 0 Å². The summed E-state index contributed by atoms with van der Waals surface area (Å²) >= 11 is 6.17. The van der Waals surface area contributed by atoms with Crippen LogP contribution in [0.5, 0.6) is 5.75 Å². The van der Waals surface area contributed by atoms with Gasteiger partial charge in [-0.05, 0) is 24.6 Å². The molecule has 20 heavy (non-hydrogen) atoms. The zero-order valence-electron chi connectivity index (χ0n) is 11.5. The molecule has 0 spiro atoms. The SMILES string of the molecule is CC(N)Cc1cn(Cc2cc(Cl)cc3c2OCC3)cn1. The molecule has 1 aromatic carbocycles. The van der Waals surface area contributed by atoms with Crippen molar-refractivity contribution in [3.05, 3.63) is 46.5 Å². The Morgan fingerprint density at radius 2 is 2.35 bits per heavy atom. The van der Waals surface area contributed by atoms with E-state index in [9.17, 15) is 0 Å². The molecule has 1 unspecified atom stereocenters. The smallest absolute Gasteiger partial charge is 0.127 e. The van der Waals surface area contributed by atoms with Crippen LogP contribution in [-0.2, 0) is 19.4 Å². The van der Waals surface area contributed by atoms with Gasteiger partial charge >= 0.3 is 0 Å². The Hall–Kier alpha value is -1.52. The van der Waals surface area contributed by atoms with Crippen LogP contribution in [0.2, 0.25) is 5.02 Å². The number of fused-ring (bicyclic) bond motifs is 1. The zero-order valence-corrected chi connectivity index (χ0v) is 12.2. The number of nitrogens with zero attached hydrogens (tertiary/aromatic N) is 2. The number of hydrogen-bond donors (Lipinski definition) is 1. The van der Waals surface area contributed by atoms with Crippen LogP contribution in [0.3, 0.4) is 0 Å². The van der Waals surface area contributed by atoms with Crippen LogP contribution in [0.15, 0.2) is 24.7 Å². The molecule has 1 aliphatic rings. The van der Waals surface area contributed by atoms with E-state index in [1.54, 1.807) is 0 Å². The monoisotopic (exact) mass is 291 g/mol. The summed E-state index contributed by atoms with van der Waals surface area (Å²) in [7, 11) is 0. The molecule has 2 aromatic rings. The quantitative estimate of drug-likeness (QED) is 0.941. The number of hydrogen-bond acceptors (Lipinski definition) is 3. The average molecular weight is 292 g/mol. The van der Waals surface area contributed by atoms with E-state index in [0.717, 1.165) is 48.0 Å². The topological polar surface area (TPSA) is 53.1 Å². The highest BCUT2D eigenvalue weighted by Crippen LogP contribution is 2.33. The Morgan fingerprint density at radius 1 is 1.50 bits per heavy atom. The third kappa shape index (κ3) is 2.81. The summed E-state index contributed by atoms with van der Waals surface area (Å²) in [5.74, 6) is 0.983. The first-order chi connectivity index (χ1) is 9.61. The van der Waals surface area contributed by atoms with Gasteiger partial charge in [0.25, 0.3) is 0 Å². The molecule has 0 bridgehead atoms. The highest BCUT2D eigenvalue weighted by atomic mass is 35.5. The third-order valence-electron chi connectivity index (χ3n) is 3.40. The van der Waals surface area contributed by atoms with Crippen LogP contribution < -0.4 is 10.5 Å². The molecule has 1 aliphatic heterocycles. The molecule has 106 valence electrons. The van der Waals surface area contributed by atoms with E-state index in [-0.39, 0.29) is 6.04 Å². The van der Waals surface area contributed by atoms with E-state index in [0.29, 0.717) is 0 Å². The first-order valence-electron chi connectivity index (χ1n) is 6.82. The van der Waals surface area contributed by atoms with Crippen molar-refractivity contribution in [3.8, 4) is 5.75 Å². The molecule has 5 heteroatoms. The molecule has 0 fully saturated rings. The first kappa shape index (κ1) is 13.5. The highest BCUT2D eigenvalue weighted by Gasteiger charge is 2.17. The Bertz CT molecular complexity index is 622. The average Bonchev–Trinajstić information content (AvgIpc) is 2.97. The van der Waals surface area contributed by atoms with Crippen LogP contribution in [0, 0.1) is 0 Å². The number of imidazole rings is 1. The van der Waals surface area contributed by atoms with Crippen LogP contribution in [0.25, 0.3) is 0 Å². The molecule has 4 nitrogen and oxygen atoms in total. The number of nitrogens with two attached hydrogens (primary N) is 1. The van der Waals surface area contributed by atoms with Gasteiger partial charge in [-0.25, -0.2) is 4.98 Å². The Balaban J connectivity index is 1.83. The summed E-state index contributed by atoms with van der Waals surface area (Å²) in [5, 5.41) is 0.764. The van der Waals surface area contributed by atoms with Gasteiger partial charge in [-0.2, -0.15) is 0 Å². The summed E-state index contributed by atoms with van der Waals surface area (Å²) in [4.78, 5) is 4.38. The fourth-order valence-electron chi connectivity index (χ4n) is 2.59. The molecule has 3 rings (SSSR count). The van der Waals surface area contributed by atoms with Crippen LogP contribution >= 0.6 is 11.6 Å². The minimum atomic E-state index is 0.122. The second-order valence-corrected chi connectivity index (χ2v) is 5.81. The molecule has 0 saturated carbocycles. The van der Waals surface area contributed by atoms with Crippen molar-refractivity contribution >= 4 is 11.6 Å². The molecule has 1 aromatic heterocycles.